The average Bonchev–Trinajstić information content (AvgIpc) is 3.30. The first kappa shape index (κ1) is 19.8. The van der Waals surface area contributed by atoms with E-state index in [2.05, 4.69) is 15.1 Å². The SMILES string of the molecule is COc1cccc(C(=O)N2CCCC(F)(c3nc(-c4cccnc4)no3)C2)c1OC. The second kappa shape index (κ2) is 8.10. The molecular weight excluding hydrogens is 391 g/mol. The number of carbonyl (C=O) groups excluding carboxylic acids is 1. The van der Waals surface area contributed by atoms with Gasteiger partial charge in [0, 0.05) is 24.5 Å². The molecule has 1 amide bonds. The zero-order valence-electron chi connectivity index (χ0n) is 16.7. The molecule has 30 heavy (non-hydrogen) atoms. The van der Waals surface area contributed by atoms with E-state index < -0.39 is 5.67 Å². The van der Waals surface area contributed by atoms with E-state index in [1.54, 1.807) is 42.7 Å². The largest absolute Gasteiger partial charge is 0.493 e. The topological polar surface area (TPSA) is 90.6 Å². The number of likely N-dealkylation sites (tertiary alicyclic amines) is 1. The molecule has 3 aromatic rings. The predicted molar refractivity (Wildman–Crippen MR) is 105 cm³/mol. The van der Waals surface area contributed by atoms with Gasteiger partial charge in [-0.15, -0.1) is 0 Å². The van der Waals surface area contributed by atoms with Crippen LogP contribution in [0.5, 0.6) is 11.5 Å². The molecule has 1 saturated heterocycles. The van der Waals surface area contributed by atoms with Crippen LogP contribution in [0.4, 0.5) is 4.39 Å². The first-order valence-electron chi connectivity index (χ1n) is 9.49. The lowest BCUT2D eigenvalue weighted by atomic mass is 9.94. The van der Waals surface area contributed by atoms with Gasteiger partial charge >= 0.3 is 0 Å². The van der Waals surface area contributed by atoms with Gasteiger partial charge in [-0.2, -0.15) is 4.98 Å². The van der Waals surface area contributed by atoms with Gasteiger partial charge in [0.05, 0.1) is 26.3 Å². The van der Waals surface area contributed by atoms with E-state index in [0.717, 1.165) is 0 Å². The van der Waals surface area contributed by atoms with Gasteiger partial charge in [-0.1, -0.05) is 11.2 Å². The Kier molecular flexibility index (Phi) is 5.35. The van der Waals surface area contributed by atoms with Crippen LogP contribution in [0.1, 0.15) is 29.1 Å². The van der Waals surface area contributed by atoms with Crippen LogP contribution in [-0.2, 0) is 5.67 Å². The van der Waals surface area contributed by atoms with Gasteiger partial charge < -0.3 is 18.9 Å². The highest BCUT2D eigenvalue weighted by Crippen LogP contribution is 2.37. The highest BCUT2D eigenvalue weighted by Gasteiger charge is 2.44. The molecule has 9 heteroatoms. The standard InChI is InChI=1S/C21H21FN4O4/c1-28-16-8-3-7-15(17(16)29-2)19(27)26-11-5-9-21(22,13-26)20-24-18(25-30-20)14-6-4-10-23-12-14/h3-4,6-8,10,12H,5,9,11,13H2,1-2H3. The molecule has 3 heterocycles. The summed E-state index contributed by atoms with van der Waals surface area (Å²) in [5, 5.41) is 3.88. The Morgan fingerprint density at radius 1 is 1.23 bits per heavy atom. The molecule has 4 rings (SSSR count). The third kappa shape index (κ3) is 3.58. The molecule has 0 saturated carbocycles. The van der Waals surface area contributed by atoms with Crippen LogP contribution in [0.3, 0.4) is 0 Å². The van der Waals surface area contributed by atoms with Crippen molar-refractivity contribution in [2.45, 2.75) is 18.5 Å². The Balaban J connectivity index is 1.59. The number of hydrogen-bond acceptors (Lipinski definition) is 7. The number of para-hydroxylation sites is 1. The first-order chi connectivity index (χ1) is 14.6. The molecule has 0 radical (unpaired) electrons. The summed E-state index contributed by atoms with van der Waals surface area (Å²) >= 11 is 0. The molecule has 1 aromatic carbocycles. The number of hydrogen-bond donors (Lipinski definition) is 0. The number of aromatic nitrogens is 3. The van der Waals surface area contributed by atoms with E-state index in [1.807, 2.05) is 0 Å². The molecule has 1 aliphatic heterocycles. The maximum Gasteiger partial charge on any atom is 0.266 e. The third-order valence-electron chi connectivity index (χ3n) is 5.09. The summed E-state index contributed by atoms with van der Waals surface area (Å²) in [6, 6.07) is 8.52. The van der Waals surface area contributed by atoms with Gasteiger partial charge in [0.1, 0.15) is 0 Å². The minimum atomic E-state index is -1.94. The summed E-state index contributed by atoms with van der Waals surface area (Å²) in [7, 11) is 2.96. The predicted octanol–water partition coefficient (Wildman–Crippen LogP) is 3.25. The zero-order valence-corrected chi connectivity index (χ0v) is 16.7. The number of nitrogens with zero attached hydrogens (tertiary/aromatic N) is 4. The summed E-state index contributed by atoms with van der Waals surface area (Å²) in [5.41, 5.74) is -1.00. The molecule has 1 unspecified atom stereocenters. The van der Waals surface area contributed by atoms with Gasteiger partial charge in [0.25, 0.3) is 11.8 Å². The summed E-state index contributed by atoms with van der Waals surface area (Å²) in [6.45, 7) is 0.218. The number of carbonyl (C=O) groups is 1. The van der Waals surface area contributed by atoms with Crippen molar-refractivity contribution in [2.24, 2.45) is 0 Å². The van der Waals surface area contributed by atoms with Crippen molar-refractivity contribution in [3.63, 3.8) is 0 Å². The number of benzene rings is 1. The molecule has 8 nitrogen and oxygen atoms in total. The van der Waals surface area contributed by atoms with Crippen molar-refractivity contribution >= 4 is 5.91 Å². The van der Waals surface area contributed by atoms with Crippen LogP contribution in [0.25, 0.3) is 11.4 Å². The van der Waals surface area contributed by atoms with E-state index in [9.17, 15) is 4.79 Å². The molecule has 1 atom stereocenters. The van der Waals surface area contributed by atoms with Crippen LogP contribution < -0.4 is 9.47 Å². The van der Waals surface area contributed by atoms with Crippen LogP contribution in [-0.4, -0.2) is 53.2 Å². The fourth-order valence-electron chi connectivity index (χ4n) is 3.60. The highest BCUT2D eigenvalue weighted by atomic mass is 19.1. The average molecular weight is 412 g/mol. The molecule has 0 aliphatic carbocycles. The Bertz CT molecular complexity index is 1040. The molecule has 0 spiro atoms. The van der Waals surface area contributed by atoms with Crippen LogP contribution in [0.15, 0.2) is 47.2 Å². The lowest BCUT2D eigenvalue weighted by Gasteiger charge is -2.35. The second-order valence-electron chi connectivity index (χ2n) is 7.00. The summed E-state index contributed by atoms with van der Waals surface area (Å²) in [5.74, 6) is 0.519. The van der Waals surface area contributed by atoms with Crippen molar-refractivity contribution in [2.75, 3.05) is 27.3 Å². The molecule has 156 valence electrons. The summed E-state index contributed by atoms with van der Waals surface area (Å²) in [6.07, 6.45) is 3.84. The number of alkyl halides is 1. The van der Waals surface area contributed by atoms with Crippen LogP contribution >= 0.6 is 0 Å². The summed E-state index contributed by atoms with van der Waals surface area (Å²) in [4.78, 5) is 22.8. The minimum absolute atomic E-state index is 0.142. The monoisotopic (exact) mass is 412 g/mol. The van der Waals surface area contributed by atoms with Crippen molar-refractivity contribution in [3.05, 3.63) is 54.2 Å². The first-order valence-corrected chi connectivity index (χ1v) is 9.49. The minimum Gasteiger partial charge on any atom is -0.493 e. The zero-order chi connectivity index (χ0) is 21.1. The highest BCUT2D eigenvalue weighted by molar-refractivity contribution is 5.98. The quantitative estimate of drug-likeness (QED) is 0.635. The van der Waals surface area contributed by atoms with E-state index in [1.165, 1.54) is 19.1 Å². The number of piperidine rings is 1. The Morgan fingerprint density at radius 2 is 2.10 bits per heavy atom. The Hall–Kier alpha value is -3.49. The Labute approximate surface area is 172 Å². The number of halogens is 1. The fraction of sp³-hybridized carbons (Fsp3) is 0.333. The van der Waals surface area contributed by atoms with E-state index in [-0.39, 0.29) is 30.6 Å². The number of amides is 1. The van der Waals surface area contributed by atoms with E-state index in [0.29, 0.717) is 35.6 Å². The number of rotatable bonds is 5. The van der Waals surface area contributed by atoms with Gasteiger partial charge in [-0.05, 0) is 37.1 Å². The molecular formula is C21H21FN4O4. The van der Waals surface area contributed by atoms with E-state index in [4.69, 9.17) is 14.0 Å². The van der Waals surface area contributed by atoms with Crippen LogP contribution in [0.2, 0.25) is 0 Å². The van der Waals surface area contributed by atoms with Gasteiger partial charge in [-0.3, -0.25) is 9.78 Å². The van der Waals surface area contributed by atoms with E-state index >= 15 is 4.39 Å². The molecule has 1 aliphatic rings. The molecule has 2 aromatic heterocycles. The number of ether oxygens (including phenoxy) is 2. The molecule has 0 bridgehead atoms. The third-order valence-corrected chi connectivity index (χ3v) is 5.09. The second-order valence-corrected chi connectivity index (χ2v) is 7.00. The number of pyridine rings is 1. The van der Waals surface area contributed by atoms with Crippen LogP contribution in [0, 0.1) is 0 Å². The molecule has 1 fully saturated rings. The van der Waals surface area contributed by atoms with Gasteiger partial charge in [0.15, 0.2) is 11.5 Å². The Morgan fingerprint density at radius 3 is 2.83 bits per heavy atom. The van der Waals surface area contributed by atoms with Gasteiger partial charge in [-0.25, -0.2) is 4.39 Å². The normalized spacial score (nSPS) is 18.8. The fourth-order valence-corrected chi connectivity index (χ4v) is 3.60. The lowest BCUT2D eigenvalue weighted by molar-refractivity contribution is 0.0150. The smallest absolute Gasteiger partial charge is 0.266 e. The van der Waals surface area contributed by atoms with Crippen molar-refractivity contribution in [1.82, 2.24) is 20.0 Å². The number of methoxy groups -OCH3 is 2. The summed E-state index contributed by atoms with van der Waals surface area (Å²) < 4.78 is 31.7. The van der Waals surface area contributed by atoms with Crippen molar-refractivity contribution < 1.29 is 23.2 Å². The molecule has 0 N–H and O–H groups in total. The van der Waals surface area contributed by atoms with Crippen molar-refractivity contribution in [3.8, 4) is 22.9 Å². The van der Waals surface area contributed by atoms with Gasteiger partial charge in [0.2, 0.25) is 11.5 Å². The lowest BCUT2D eigenvalue weighted by Crippen LogP contribution is -2.46. The van der Waals surface area contributed by atoms with Crippen molar-refractivity contribution in [1.29, 1.82) is 0 Å². The maximum atomic E-state index is 15.8. The maximum absolute atomic E-state index is 15.8.